The van der Waals surface area contributed by atoms with Crippen LogP contribution in [0.3, 0.4) is 0 Å². The zero-order valence-electron chi connectivity index (χ0n) is 16.1. The Balaban J connectivity index is 1.47. The van der Waals surface area contributed by atoms with Crippen LogP contribution in [0.1, 0.15) is 20.8 Å². The Morgan fingerprint density at radius 3 is 2.50 bits per heavy atom. The first-order valence-corrected chi connectivity index (χ1v) is 9.39. The molecule has 1 N–H and O–H groups in total. The molecular formula is C19H25NO8. The van der Waals surface area contributed by atoms with Crippen LogP contribution in [0.15, 0.2) is 12.2 Å². The summed E-state index contributed by atoms with van der Waals surface area (Å²) >= 11 is 0. The Labute approximate surface area is 162 Å². The second kappa shape index (κ2) is 7.63. The SMILES string of the molecule is CC(CO)C(=O)OCC(C)C(=O)OCCN1C(=O)C(C)C2OC23C=CC3C1=O. The van der Waals surface area contributed by atoms with Crippen molar-refractivity contribution < 1.29 is 38.5 Å². The lowest BCUT2D eigenvalue weighted by Gasteiger charge is -2.29. The summed E-state index contributed by atoms with van der Waals surface area (Å²) < 4.78 is 15.7. The summed E-state index contributed by atoms with van der Waals surface area (Å²) in [4.78, 5) is 49.9. The molecule has 2 saturated heterocycles. The van der Waals surface area contributed by atoms with Crippen molar-refractivity contribution in [3.63, 3.8) is 0 Å². The molecule has 9 nitrogen and oxygen atoms in total. The number of carbonyl (C=O) groups is 4. The second-order valence-electron chi connectivity index (χ2n) is 7.63. The van der Waals surface area contributed by atoms with Crippen LogP contribution in [0.25, 0.3) is 0 Å². The maximum absolute atomic E-state index is 12.6. The van der Waals surface area contributed by atoms with E-state index in [9.17, 15) is 19.2 Å². The summed E-state index contributed by atoms with van der Waals surface area (Å²) in [7, 11) is 0. The number of nitrogens with zero attached hydrogens (tertiary/aromatic N) is 1. The number of rotatable bonds is 8. The molecule has 1 spiro atoms. The Bertz CT molecular complexity index is 719. The third-order valence-electron chi connectivity index (χ3n) is 5.51. The van der Waals surface area contributed by atoms with Gasteiger partial charge >= 0.3 is 11.9 Å². The van der Waals surface area contributed by atoms with Crippen molar-refractivity contribution in [2.24, 2.45) is 23.7 Å². The molecular weight excluding hydrogens is 370 g/mol. The highest BCUT2D eigenvalue weighted by Gasteiger charge is 2.70. The number of ether oxygens (including phenoxy) is 3. The summed E-state index contributed by atoms with van der Waals surface area (Å²) in [5, 5.41) is 8.89. The molecule has 2 aliphatic heterocycles. The predicted molar refractivity (Wildman–Crippen MR) is 93.4 cm³/mol. The Morgan fingerprint density at radius 2 is 1.89 bits per heavy atom. The minimum atomic E-state index is -0.705. The van der Waals surface area contributed by atoms with Crippen LogP contribution in [0.4, 0.5) is 0 Å². The maximum Gasteiger partial charge on any atom is 0.312 e. The van der Waals surface area contributed by atoms with Gasteiger partial charge in [0, 0.05) is 0 Å². The van der Waals surface area contributed by atoms with Gasteiger partial charge in [0.2, 0.25) is 11.8 Å². The van der Waals surface area contributed by atoms with Crippen LogP contribution < -0.4 is 0 Å². The molecule has 28 heavy (non-hydrogen) atoms. The number of carbonyl (C=O) groups excluding carboxylic acids is 4. The van der Waals surface area contributed by atoms with Crippen LogP contribution >= 0.6 is 0 Å². The van der Waals surface area contributed by atoms with E-state index in [4.69, 9.17) is 19.3 Å². The van der Waals surface area contributed by atoms with Crippen LogP contribution in [-0.4, -0.2) is 71.8 Å². The highest BCUT2D eigenvalue weighted by molar-refractivity contribution is 6.02. The lowest BCUT2D eigenvalue weighted by Crippen LogP contribution is -2.47. The van der Waals surface area contributed by atoms with Crippen molar-refractivity contribution in [1.82, 2.24) is 4.90 Å². The average molecular weight is 395 g/mol. The third-order valence-corrected chi connectivity index (χ3v) is 5.51. The van der Waals surface area contributed by atoms with E-state index < -0.39 is 41.2 Å². The van der Waals surface area contributed by atoms with E-state index in [-0.39, 0.29) is 44.3 Å². The minimum absolute atomic E-state index is 0.0328. The van der Waals surface area contributed by atoms with Crippen molar-refractivity contribution in [3.05, 3.63) is 12.2 Å². The van der Waals surface area contributed by atoms with E-state index >= 15 is 0 Å². The van der Waals surface area contributed by atoms with Gasteiger partial charge < -0.3 is 19.3 Å². The minimum Gasteiger partial charge on any atom is -0.465 e. The van der Waals surface area contributed by atoms with Gasteiger partial charge in [-0.3, -0.25) is 24.1 Å². The maximum atomic E-state index is 12.6. The van der Waals surface area contributed by atoms with Gasteiger partial charge in [0.25, 0.3) is 0 Å². The molecule has 1 aliphatic carbocycles. The molecule has 154 valence electrons. The number of esters is 2. The highest BCUT2D eigenvalue weighted by Crippen LogP contribution is 2.56. The van der Waals surface area contributed by atoms with Gasteiger partial charge in [-0.25, -0.2) is 0 Å². The van der Waals surface area contributed by atoms with Crippen molar-refractivity contribution in [3.8, 4) is 0 Å². The molecule has 6 atom stereocenters. The van der Waals surface area contributed by atoms with Crippen LogP contribution in [0.5, 0.6) is 0 Å². The number of amides is 2. The number of aliphatic hydroxyl groups is 1. The van der Waals surface area contributed by atoms with Crippen molar-refractivity contribution >= 4 is 23.8 Å². The first-order valence-electron chi connectivity index (χ1n) is 9.39. The molecule has 2 amide bonds. The monoisotopic (exact) mass is 395 g/mol. The van der Waals surface area contributed by atoms with Gasteiger partial charge in [-0.1, -0.05) is 19.1 Å². The van der Waals surface area contributed by atoms with E-state index in [1.807, 2.05) is 6.08 Å². The molecule has 0 aromatic heterocycles. The topological polar surface area (TPSA) is 123 Å². The fourth-order valence-electron chi connectivity index (χ4n) is 3.46. The molecule has 2 heterocycles. The summed E-state index contributed by atoms with van der Waals surface area (Å²) in [6.45, 7) is 4.10. The number of epoxide rings is 1. The zero-order valence-corrected chi connectivity index (χ0v) is 16.1. The first-order chi connectivity index (χ1) is 13.2. The third kappa shape index (κ3) is 3.44. The number of hydrogen-bond donors (Lipinski definition) is 1. The molecule has 0 aromatic rings. The van der Waals surface area contributed by atoms with Gasteiger partial charge in [-0.15, -0.1) is 0 Å². The van der Waals surface area contributed by atoms with E-state index in [2.05, 4.69) is 0 Å². The zero-order chi connectivity index (χ0) is 20.6. The van der Waals surface area contributed by atoms with Crippen molar-refractivity contribution in [1.29, 1.82) is 0 Å². The van der Waals surface area contributed by atoms with Gasteiger partial charge in [-0.2, -0.15) is 0 Å². The Hall–Kier alpha value is -2.26. The summed E-state index contributed by atoms with van der Waals surface area (Å²) in [6, 6.07) is 0. The number of likely N-dealkylation sites (tertiary alicyclic amines) is 1. The molecule has 6 unspecified atom stereocenters. The molecule has 0 aromatic carbocycles. The standard InChI is InChI=1S/C19H25NO8/c1-10(8-21)17(24)27-9-11(2)18(25)26-7-6-20-15(22)12(3)14-19(28-14)5-4-13(19)16(20)23/h4-5,10-14,21H,6-9H2,1-3H3. The summed E-state index contributed by atoms with van der Waals surface area (Å²) in [5.41, 5.74) is -0.623. The highest BCUT2D eigenvalue weighted by atomic mass is 16.6. The predicted octanol–water partition coefficient (Wildman–Crippen LogP) is -0.334. The number of imide groups is 1. The van der Waals surface area contributed by atoms with Crippen LogP contribution in [0.2, 0.25) is 0 Å². The van der Waals surface area contributed by atoms with Gasteiger partial charge in [-0.05, 0) is 13.8 Å². The normalized spacial score (nSPS) is 32.4. The summed E-state index contributed by atoms with van der Waals surface area (Å²) in [5.74, 6) is -4.14. The molecule has 3 rings (SSSR count). The Kier molecular flexibility index (Phi) is 5.58. The second-order valence-corrected chi connectivity index (χ2v) is 7.63. The van der Waals surface area contributed by atoms with Gasteiger partial charge in [0.15, 0.2) is 0 Å². The first kappa shape index (κ1) is 20.5. The van der Waals surface area contributed by atoms with Crippen LogP contribution in [-0.2, 0) is 33.4 Å². The largest absolute Gasteiger partial charge is 0.465 e. The molecule has 0 saturated carbocycles. The van der Waals surface area contributed by atoms with Crippen molar-refractivity contribution in [2.45, 2.75) is 32.5 Å². The smallest absolute Gasteiger partial charge is 0.312 e. The molecule has 0 bridgehead atoms. The van der Waals surface area contributed by atoms with E-state index in [1.165, 1.54) is 13.8 Å². The van der Waals surface area contributed by atoms with E-state index in [1.54, 1.807) is 13.0 Å². The number of hydrogen-bond acceptors (Lipinski definition) is 8. The summed E-state index contributed by atoms with van der Waals surface area (Å²) in [6.07, 6.45) is 3.28. The van der Waals surface area contributed by atoms with E-state index in [0.29, 0.717) is 0 Å². The molecule has 2 fully saturated rings. The van der Waals surface area contributed by atoms with Gasteiger partial charge in [0.05, 0.1) is 36.8 Å². The van der Waals surface area contributed by atoms with Crippen LogP contribution in [0, 0.1) is 23.7 Å². The fourth-order valence-corrected chi connectivity index (χ4v) is 3.46. The quantitative estimate of drug-likeness (QED) is 0.256. The molecule has 9 heteroatoms. The Morgan fingerprint density at radius 1 is 1.21 bits per heavy atom. The molecule has 0 radical (unpaired) electrons. The fraction of sp³-hybridized carbons (Fsp3) is 0.684. The number of aliphatic hydroxyl groups excluding tert-OH is 1. The lowest BCUT2D eigenvalue weighted by atomic mass is 9.77. The molecule has 3 aliphatic rings. The lowest BCUT2D eigenvalue weighted by molar-refractivity contribution is -0.160. The van der Waals surface area contributed by atoms with E-state index in [0.717, 1.165) is 4.90 Å². The van der Waals surface area contributed by atoms with Gasteiger partial charge in [0.1, 0.15) is 24.9 Å². The average Bonchev–Trinajstić information content (AvgIpc) is 3.44. The van der Waals surface area contributed by atoms with Crippen molar-refractivity contribution in [2.75, 3.05) is 26.4 Å².